The van der Waals surface area contributed by atoms with Crippen LogP contribution in [-0.4, -0.2) is 18.1 Å². The van der Waals surface area contributed by atoms with Gasteiger partial charge in [-0.3, -0.25) is 4.79 Å². The molecule has 2 aromatic carbocycles. The first-order chi connectivity index (χ1) is 9.49. The number of carbonyl (C=O) groups is 1. The van der Waals surface area contributed by atoms with Crippen molar-refractivity contribution in [3.05, 3.63) is 47.8 Å². The van der Waals surface area contributed by atoms with Crippen molar-refractivity contribution in [3.8, 4) is 11.5 Å². The molecule has 0 saturated carbocycles. The van der Waals surface area contributed by atoms with Crippen LogP contribution < -0.4 is 15.8 Å². The first-order valence-electron chi connectivity index (χ1n) is 5.74. The Balaban J connectivity index is 2.23. The zero-order valence-electron chi connectivity index (χ0n) is 10.7. The van der Waals surface area contributed by atoms with Crippen LogP contribution in [-0.2, 0) is 0 Å². The molecule has 0 atom stereocenters. The minimum absolute atomic E-state index is 0.0497. The van der Waals surface area contributed by atoms with Gasteiger partial charge in [-0.05, 0) is 30.3 Å². The minimum atomic E-state index is -0.574. The number of phenolic OH excluding ortho intramolecular Hbond substituents is 1. The van der Waals surface area contributed by atoms with Gasteiger partial charge in [0, 0.05) is 17.4 Å². The Labute approximate surface area is 114 Å². The maximum absolute atomic E-state index is 13.2. The molecule has 0 heterocycles. The van der Waals surface area contributed by atoms with Crippen LogP contribution in [0.25, 0.3) is 0 Å². The number of nitrogen functional groups attached to an aromatic ring is 1. The average Bonchev–Trinajstić information content (AvgIpc) is 2.36. The molecule has 6 heteroatoms. The first kappa shape index (κ1) is 13.7. The molecule has 0 spiro atoms. The maximum Gasteiger partial charge on any atom is 0.259 e. The third-order valence-electron chi connectivity index (χ3n) is 2.63. The number of methoxy groups -OCH3 is 1. The lowest BCUT2D eigenvalue weighted by Crippen LogP contribution is -2.12. The van der Waals surface area contributed by atoms with Crippen molar-refractivity contribution in [1.82, 2.24) is 0 Å². The highest BCUT2D eigenvalue weighted by molar-refractivity contribution is 6.06. The van der Waals surface area contributed by atoms with Gasteiger partial charge in [-0.2, -0.15) is 0 Å². The molecule has 0 aromatic heterocycles. The van der Waals surface area contributed by atoms with Crippen molar-refractivity contribution in [2.75, 3.05) is 18.2 Å². The minimum Gasteiger partial charge on any atom is -0.507 e. The Hall–Kier alpha value is -2.76. The second-order valence-corrected chi connectivity index (χ2v) is 4.11. The highest BCUT2D eigenvalue weighted by atomic mass is 19.1. The normalized spacial score (nSPS) is 10.1. The summed E-state index contributed by atoms with van der Waals surface area (Å²) in [6.45, 7) is 0. The summed E-state index contributed by atoms with van der Waals surface area (Å²) >= 11 is 0. The highest BCUT2D eigenvalue weighted by Crippen LogP contribution is 2.24. The highest BCUT2D eigenvalue weighted by Gasteiger charge is 2.12. The molecule has 0 unspecified atom stereocenters. The summed E-state index contributed by atoms with van der Waals surface area (Å²) in [6.07, 6.45) is 0. The smallest absolute Gasteiger partial charge is 0.259 e. The molecule has 0 radical (unpaired) electrons. The monoisotopic (exact) mass is 276 g/mol. The van der Waals surface area contributed by atoms with Crippen LogP contribution in [0.1, 0.15) is 10.4 Å². The summed E-state index contributed by atoms with van der Waals surface area (Å²) in [4.78, 5) is 12.0. The molecule has 0 bridgehead atoms. The number of rotatable bonds is 3. The van der Waals surface area contributed by atoms with Crippen LogP contribution in [0.15, 0.2) is 36.4 Å². The predicted octanol–water partition coefficient (Wildman–Crippen LogP) is 2.37. The van der Waals surface area contributed by atoms with E-state index in [0.29, 0.717) is 5.75 Å². The Morgan fingerprint density at radius 1 is 1.30 bits per heavy atom. The molecule has 2 rings (SSSR count). The fraction of sp³-hybridized carbons (Fsp3) is 0.0714. The fourth-order valence-corrected chi connectivity index (χ4v) is 1.71. The van der Waals surface area contributed by atoms with Crippen molar-refractivity contribution in [1.29, 1.82) is 0 Å². The number of benzene rings is 2. The Bertz CT molecular complexity index is 639. The molecular weight excluding hydrogens is 263 g/mol. The third kappa shape index (κ3) is 2.97. The molecular formula is C14H13FN2O3. The van der Waals surface area contributed by atoms with E-state index in [2.05, 4.69) is 5.32 Å². The Kier molecular flexibility index (Phi) is 3.74. The zero-order valence-corrected chi connectivity index (χ0v) is 10.7. The molecule has 0 aliphatic heterocycles. The van der Waals surface area contributed by atoms with Gasteiger partial charge in [0.25, 0.3) is 5.91 Å². The van der Waals surface area contributed by atoms with Gasteiger partial charge < -0.3 is 20.9 Å². The molecule has 104 valence electrons. The van der Waals surface area contributed by atoms with Gasteiger partial charge in [0.2, 0.25) is 0 Å². The summed E-state index contributed by atoms with van der Waals surface area (Å²) in [5, 5.41) is 12.2. The molecule has 1 amide bonds. The van der Waals surface area contributed by atoms with Crippen LogP contribution in [0, 0.1) is 5.82 Å². The van der Waals surface area contributed by atoms with Gasteiger partial charge in [0.1, 0.15) is 17.3 Å². The second-order valence-electron chi connectivity index (χ2n) is 4.11. The van der Waals surface area contributed by atoms with Crippen molar-refractivity contribution in [2.24, 2.45) is 0 Å². The number of phenols is 1. The fourth-order valence-electron chi connectivity index (χ4n) is 1.71. The molecule has 2 aromatic rings. The van der Waals surface area contributed by atoms with Gasteiger partial charge in [-0.15, -0.1) is 0 Å². The van der Waals surface area contributed by atoms with Crippen molar-refractivity contribution >= 4 is 17.3 Å². The van der Waals surface area contributed by atoms with Crippen LogP contribution in [0.2, 0.25) is 0 Å². The number of halogens is 1. The molecule has 0 saturated heterocycles. The van der Waals surface area contributed by atoms with Crippen LogP contribution in [0.5, 0.6) is 11.5 Å². The predicted molar refractivity (Wildman–Crippen MR) is 73.4 cm³/mol. The van der Waals surface area contributed by atoms with Crippen LogP contribution >= 0.6 is 0 Å². The molecule has 5 nitrogen and oxygen atoms in total. The van der Waals surface area contributed by atoms with Crippen LogP contribution in [0.3, 0.4) is 0 Å². The molecule has 4 N–H and O–H groups in total. The number of carbonyl (C=O) groups excluding carboxylic acids is 1. The standard InChI is InChI=1S/C14H13FN2O3/c1-20-11-2-3-12(13(18)7-11)14(19)17-10-5-8(15)4-9(16)6-10/h2-7,18H,16H2,1H3,(H,17,19). The van der Waals surface area contributed by atoms with Gasteiger partial charge in [0.05, 0.1) is 12.7 Å². The molecule has 0 aliphatic carbocycles. The van der Waals surface area contributed by atoms with E-state index in [4.69, 9.17) is 10.5 Å². The van der Waals surface area contributed by atoms with E-state index < -0.39 is 11.7 Å². The Morgan fingerprint density at radius 3 is 2.65 bits per heavy atom. The second kappa shape index (κ2) is 5.48. The van der Waals surface area contributed by atoms with Crippen molar-refractivity contribution in [2.45, 2.75) is 0 Å². The van der Waals surface area contributed by atoms with E-state index in [-0.39, 0.29) is 22.7 Å². The molecule has 0 fully saturated rings. The summed E-state index contributed by atoms with van der Waals surface area (Å²) in [5.74, 6) is -0.935. The van der Waals surface area contributed by atoms with E-state index >= 15 is 0 Å². The summed E-state index contributed by atoms with van der Waals surface area (Å²) < 4.78 is 18.1. The number of hydrogen-bond donors (Lipinski definition) is 3. The number of nitrogens with one attached hydrogen (secondary N) is 1. The number of hydrogen-bond acceptors (Lipinski definition) is 4. The summed E-state index contributed by atoms with van der Waals surface area (Å²) in [5.41, 5.74) is 5.94. The first-order valence-corrected chi connectivity index (χ1v) is 5.74. The SMILES string of the molecule is COc1ccc(C(=O)Nc2cc(N)cc(F)c2)c(O)c1. The van der Waals surface area contributed by atoms with Gasteiger partial charge in [-0.1, -0.05) is 0 Å². The number of nitrogens with two attached hydrogens (primary N) is 1. The topological polar surface area (TPSA) is 84.6 Å². The van der Waals surface area contributed by atoms with E-state index in [0.717, 1.165) is 12.1 Å². The largest absolute Gasteiger partial charge is 0.507 e. The lowest BCUT2D eigenvalue weighted by molar-refractivity contribution is 0.102. The number of anilines is 2. The van der Waals surface area contributed by atoms with E-state index in [1.54, 1.807) is 0 Å². The van der Waals surface area contributed by atoms with E-state index in [1.165, 1.54) is 31.4 Å². The van der Waals surface area contributed by atoms with E-state index in [9.17, 15) is 14.3 Å². The Morgan fingerprint density at radius 2 is 2.05 bits per heavy atom. The number of amides is 1. The summed E-state index contributed by atoms with van der Waals surface area (Å²) in [7, 11) is 1.45. The average molecular weight is 276 g/mol. The van der Waals surface area contributed by atoms with Crippen molar-refractivity contribution < 1.29 is 19.0 Å². The maximum atomic E-state index is 13.2. The summed E-state index contributed by atoms with van der Waals surface area (Å²) in [6, 6.07) is 7.95. The van der Waals surface area contributed by atoms with Gasteiger partial charge >= 0.3 is 0 Å². The van der Waals surface area contributed by atoms with Gasteiger partial charge in [-0.25, -0.2) is 4.39 Å². The van der Waals surface area contributed by atoms with E-state index in [1.807, 2.05) is 0 Å². The lowest BCUT2D eigenvalue weighted by atomic mass is 10.1. The van der Waals surface area contributed by atoms with Gasteiger partial charge in [0.15, 0.2) is 0 Å². The van der Waals surface area contributed by atoms with Crippen LogP contribution in [0.4, 0.5) is 15.8 Å². The zero-order chi connectivity index (χ0) is 14.7. The van der Waals surface area contributed by atoms with Crippen molar-refractivity contribution in [3.63, 3.8) is 0 Å². The molecule has 0 aliphatic rings. The number of aromatic hydroxyl groups is 1. The third-order valence-corrected chi connectivity index (χ3v) is 2.63. The quantitative estimate of drug-likeness (QED) is 0.751. The molecule has 20 heavy (non-hydrogen) atoms. The number of ether oxygens (including phenoxy) is 1. The lowest BCUT2D eigenvalue weighted by Gasteiger charge is -2.09.